The molecule has 0 spiro atoms. The maximum Gasteiger partial charge on any atom is 0.267 e. The fraction of sp³-hybridized carbons (Fsp3) is 0.533. The average molecular weight is 359 g/mol. The van der Waals surface area contributed by atoms with Crippen molar-refractivity contribution in [1.82, 2.24) is 4.90 Å². The molecule has 1 aliphatic heterocycles. The van der Waals surface area contributed by atoms with Gasteiger partial charge in [0, 0.05) is 6.54 Å². The number of amides is 1. The summed E-state index contributed by atoms with van der Waals surface area (Å²) in [7, 11) is -1.89. The minimum Gasteiger partial charge on any atom is -0.497 e. The highest BCUT2D eigenvalue weighted by molar-refractivity contribution is 8.00. The highest BCUT2D eigenvalue weighted by Gasteiger charge is 2.32. The van der Waals surface area contributed by atoms with Crippen molar-refractivity contribution in [2.45, 2.75) is 18.7 Å². The Hall–Kier alpha value is -1.25. The van der Waals surface area contributed by atoms with Gasteiger partial charge in [-0.2, -0.15) is 8.42 Å². The van der Waals surface area contributed by atoms with Gasteiger partial charge in [0.05, 0.1) is 25.2 Å². The maximum absolute atomic E-state index is 12.0. The quantitative estimate of drug-likeness (QED) is 0.661. The van der Waals surface area contributed by atoms with Crippen molar-refractivity contribution in [1.29, 1.82) is 0 Å². The fourth-order valence-electron chi connectivity index (χ4n) is 2.31. The third-order valence-corrected chi connectivity index (χ3v) is 6.11. The lowest BCUT2D eigenvalue weighted by molar-refractivity contribution is -0.128. The lowest BCUT2D eigenvalue weighted by atomic mass is 10.2. The number of carbonyl (C=O) groups is 1. The lowest BCUT2D eigenvalue weighted by Crippen LogP contribution is -2.32. The van der Waals surface area contributed by atoms with Crippen LogP contribution in [0.5, 0.6) is 5.75 Å². The molecule has 0 saturated carbocycles. The van der Waals surface area contributed by atoms with Crippen LogP contribution in [0.15, 0.2) is 24.3 Å². The molecule has 0 aromatic heterocycles. The second-order valence-electron chi connectivity index (χ2n) is 5.11. The summed E-state index contributed by atoms with van der Waals surface area (Å²) in [6, 6.07) is 7.52. The minimum absolute atomic E-state index is 0.00238. The number of nitrogens with zero attached hydrogens (tertiary/aromatic N) is 1. The lowest BCUT2D eigenvalue weighted by Gasteiger charge is -2.24. The van der Waals surface area contributed by atoms with Gasteiger partial charge in [-0.05, 0) is 24.1 Å². The molecule has 8 heteroatoms. The Balaban J connectivity index is 1.99. The second kappa shape index (κ2) is 8.03. The van der Waals surface area contributed by atoms with Gasteiger partial charge >= 0.3 is 0 Å². The zero-order chi connectivity index (χ0) is 16.9. The molecule has 0 radical (unpaired) electrons. The van der Waals surface area contributed by atoms with Crippen LogP contribution >= 0.6 is 11.8 Å². The van der Waals surface area contributed by atoms with Gasteiger partial charge in [0.25, 0.3) is 10.1 Å². The maximum atomic E-state index is 12.0. The molecule has 0 aliphatic carbocycles. The van der Waals surface area contributed by atoms with Crippen LogP contribution in [-0.2, 0) is 19.1 Å². The summed E-state index contributed by atoms with van der Waals surface area (Å²) in [6.07, 6.45) is 0.509. The van der Waals surface area contributed by atoms with E-state index in [0.29, 0.717) is 12.2 Å². The van der Waals surface area contributed by atoms with E-state index in [4.69, 9.17) is 8.92 Å². The van der Waals surface area contributed by atoms with Gasteiger partial charge in [-0.25, -0.2) is 0 Å². The predicted molar refractivity (Wildman–Crippen MR) is 89.9 cm³/mol. The summed E-state index contributed by atoms with van der Waals surface area (Å²) in [4.78, 5) is 13.7. The van der Waals surface area contributed by atoms with E-state index in [1.807, 2.05) is 24.3 Å². The highest BCUT2D eigenvalue weighted by Crippen LogP contribution is 2.38. The van der Waals surface area contributed by atoms with Gasteiger partial charge in [0.15, 0.2) is 0 Å². The molecule has 1 heterocycles. The molecule has 128 valence electrons. The Morgan fingerprint density at radius 3 is 2.61 bits per heavy atom. The van der Waals surface area contributed by atoms with Gasteiger partial charge in [-0.1, -0.05) is 19.1 Å². The van der Waals surface area contributed by atoms with E-state index in [2.05, 4.69) is 0 Å². The Kier molecular flexibility index (Phi) is 6.32. The van der Waals surface area contributed by atoms with Crippen LogP contribution in [0.2, 0.25) is 0 Å². The number of ether oxygens (including phenoxy) is 1. The van der Waals surface area contributed by atoms with Crippen molar-refractivity contribution in [3.63, 3.8) is 0 Å². The van der Waals surface area contributed by atoms with E-state index in [1.54, 1.807) is 18.9 Å². The van der Waals surface area contributed by atoms with Crippen molar-refractivity contribution in [2.75, 3.05) is 31.8 Å². The Labute approximate surface area is 141 Å². The van der Waals surface area contributed by atoms with E-state index >= 15 is 0 Å². The standard InChI is InChI=1S/C15H21NO5S2/c1-3-10-23(18,19)21-9-8-16-14(17)11-22-15(16)12-4-6-13(20-2)7-5-12/h4-7,15H,3,8-11H2,1-2H3/t15-/m1/s1. The van der Waals surface area contributed by atoms with Crippen LogP contribution in [0.25, 0.3) is 0 Å². The first-order valence-electron chi connectivity index (χ1n) is 7.39. The molecule has 1 amide bonds. The summed E-state index contributed by atoms with van der Waals surface area (Å²) < 4.78 is 33.2. The number of hydrogen-bond donors (Lipinski definition) is 0. The third kappa shape index (κ3) is 4.86. The van der Waals surface area contributed by atoms with Gasteiger partial charge in [-0.3, -0.25) is 8.98 Å². The summed E-state index contributed by atoms with van der Waals surface area (Å²) in [5.41, 5.74) is 0.984. The van der Waals surface area contributed by atoms with Gasteiger partial charge < -0.3 is 9.64 Å². The van der Waals surface area contributed by atoms with E-state index in [-0.39, 0.29) is 30.2 Å². The molecule has 0 N–H and O–H groups in total. The summed E-state index contributed by atoms with van der Waals surface area (Å²) in [6.45, 7) is 2.02. The first-order valence-corrected chi connectivity index (χ1v) is 10.0. The van der Waals surface area contributed by atoms with E-state index in [9.17, 15) is 13.2 Å². The van der Waals surface area contributed by atoms with Crippen molar-refractivity contribution < 1.29 is 22.1 Å². The van der Waals surface area contributed by atoms with Crippen molar-refractivity contribution >= 4 is 27.8 Å². The molecule has 1 saturated heterocycles. The first-order chi connectivity index (χ1) is 11.0. The number of thioether (sulfide) groups is 1. The monoisotopic (exact) mass is 359 g/mol. The van der Waals surface area contributed by atoms with Crippen LogP contribution in [-0.4, -0.2) is 51.0 Å². The summed E-state index contributed by atoms with van der Waals surface area (Å²) in [5.74, 6) is 1.13. The fourth-order valence-corrected chi connectivity index (χ4v) is 4.48. The molecule has 6 nitrogen and oxygen atoms in total. The third-order valence-electron chi connectivity index (χ3n) is 3.42. The smallest absolute Gasteiger partial charge is 0.267 e. The van der Waals surface area contributed by atoms with Crippen LogP contribution in [0.4, 0.5) is 0 Å². The molecule has 1 atom stereocenters. The summed E-state index contributed by atoms with van der Waals surface area (Å²) in [5, 5.41) is -0.120. The largest absolute Gasteiger partial charge is 0.497 e. The predicted octanol–water partition coefficient (Wildman–Crippen LogP) is 2.03. The molecule has 0 unspecified atom stereocenters. The molecule has 1 aromatic carbocycles. The number of methoxy groups -OCH3 is 1. The van der Waals surface area contributed by atoms with Gasteiger partial charge in [0.2, 0.25) is 5.91 Å². The molecular weight excluding hydrogens is 338 g/mol. The summed E-state index contributed by atoms with van der Waals surface area (Å²) >= 11 is 1.52. The zero-order valence-corrected chi connectivity index (χ0v) is 14.9. The molecule has 23 heavy (non-hydrogen) atoms. The molecular formula is C15H21NO5S2. The average Bonchev–Trinajstić information content (AvgIpc) is 2.88. The molecule has 1 aromatic rings. The van der Waals surface area contributed by atoms with Gasteiger partial charge in [0.1, 0.15) is 11.1 Å². The van der Waals surface area contributed by atoms with E-state index < -0.39 is 10.1 Å². The van der Waals surface area contributed by atoms with E-state index in [1.165, 1.54) is 11.8 Å². The molecule has 0 bridgehead atoms. The number of hydrogen-bond acceptors (Lipinski definition) is 6. The van der Waals surface area contributed by atoms with Gasteiger partial charge in [-0.15, -0.1) is 11.8 Å². The van der Waals surface area contributed by atoms with Crippen molar-refractivity contribution in [2.24, 2.45) is 0 Å². The SMILES string of the molecule is CCCS(=O)(=O)OCCN1C(=O)CS[C@@H]1c1ccc(OC)cc1. The number of benzene rings is 1. The first kappa shape index (κ1) is 18.1. The van der Waals surface area contributed by atoms with E-state index in [0.717, 1.165) is 11.3 Å². The van der Waals surface area contributed by atoms with Crippen molar-refractivity contribution in [3.05, 3.63) is 29.8 Å². The minimum atomic E-state index is -3.49. The topological polar surface area (TPSA) is 72.9 Å². The van der Waals surface area contributed by atoms with Crippen molar-refractivity contribution in [3.8, 4) is 5.75 Å². The zero-order valence-electron chi connectivity index (χ0n) is 13.2. The number of carbonyl (C=O) groups excluding carboxylic acids is 1. The second-order valence-corrected chi connectivity index (χ2v) is 7.94. The molecule has 1 aliphatic rings. The normalized spacial score (nSPS) is 18.4. The molecule has 2 rings (SSSR count). The van der Waals surface area contributed by atoms with Crippen LogP contribution in [0.3, 0.4) is 0 Å². The number of rotatable bonds is 8. The Morgan fingerprint density at radius 1 is 1.30 bits per heavy atom. The van der Waals surface area contributed by atoms with Crippen LogP contribution in [0, 0.1) is 0 Å². The Bertz CT molecular complexity index is 630. The highest BCUT2D eigenvalue weighted by atomic mass is 32.2. The Morgan fingerprint density at radius 2 is 2.00 bits per heavy atom. The van der Waals surface area contributed by atoms with Crippen LogP contribution in [0.1, 0.15) is 24.3 Å². The molecule has 1 fully saturated rings. The van der Waals surface area contributed by atoms with Crippen LogP contribution < -0.4 is 4.74 Å².